The standard InChI is InChI=1S/C12H14FNO4/c1-2-3-10(11(15)16)18-12(17)8-6-7(14)4-5-9(8)13/h4-6,10H,2-3,14H2,1H3,(H,15,16). The number of carboxylic acids is 1. The van der Waals surface area contributed by atoms with E-state index in [4.69, 9.17) is 15.6 Å². The van der Waals surface area contributed by atoms with Crippen molar-refractivity contribution in [2.24, 2.45) is 0 Å². The molecule has 3 N–H and O–H groups in total. The zero-order valence-corrected chi connectivity index (χ0v) is 9.85. The first-order valence-corrected chi connectivity index (χ1v) is 5.44. The number of rotatable bonds is 5. The predicted octanol–water partition coefficient (Wildman–Crippen LogP) is 1.82. The van der Waals surface area contributed by atoms with E-state index in [1.165, 1.54) is 6.07 Å². The van der Waals surface area contributed by atoms with E-state index < -0.39 is 23.9 Å². The number of halogens is 1. The summed E-state index contributed by atoms with van der Waals surface area (Å²) in [5, 5.41) is 8.83. The molecule has 0 amide bonds. The van der Waals surface area contributed by atoms with Gasteiger partial charge in [-0.25, -0.2) is 14.0 Å². The largest absolute Gasteiger partial charge is 0.479 e. The molecule has 0 radical (unpaired) electrons. The van der Waals surface area contributed by atoms with E-state index in [2.05, 4.69) is 0 Å². The minimum absolute atomic E-state index is 0.172. The first-order valence-electron chi connectivity index (χ1n) is 5.44. The Kier molecular flexibility index (Phi) is 4.65. The number of carbonyl (C=O) groups is 2. The van der Waals surface area contributed by atoms with Gasteiger partial charge in [-0.2, -0.15) is 0 Å². The van der Waals surface area contributed by atoms with Crippen molar-refractivity contribution < 1.29 is 23.8 Å². The van der Waals surface area contributed by atoms with E-state index in [0.29, 0.717) is 6.42 Å². The summed E-state index contributed by atoms with van der Waals surface area (Å²) in [6.45, 7) is 1.75. The summed E-state index contributed by atoms with van der Waals surface area (Å²) in [5.74, 6) is -3.08. The molecule has 98 valence electrons. The highest BCUT2D eigenvalue weighted by Gasteiger charge is 2.23. The molecule has 1 aromatic rings. The smallest absolute Gasteiger partial charge is 0.345 e. The number of hydrogen-bond donors (Lipinski definition) is 2. The van der Waals surface area contributed by atoms with Crippen LogP contribution in [0.5, 0.6) is 0 Å². The van der Waals surface area contributed by atoms with Crippen LogP contribution in [0.1, 0.15) is 30.1 Å². The third kappa shape index (κ3) is 3.44. The number of hydrogen-bond acceptors (Lipinski definition) is 4. The van der Waals surface area contributed by atoms with E-state index in [1.807, 2.05) is 0 Å². The van der Waals surface area contributed by atoms with Gasteiger partial charge in [0, 0.05) is 5.69 Å². The highest BCUT2D eigenvalue weighted by molar-refractivity contribution is 5.92. The van der Waals surface area contributed by atoms with Gasteiger partial charge in [0.2, 0.25) is 0 Å². The molecule has 0 heterocycles. The van der Waals surface area contributed by atoms with E-state index in [1.54, 1.807) is 6.92 Å². The molecule has 0 bridgehead atoms. The van der Waals surface area contributed by atoms with Gasteiger partial charge in [0.25, 0.3) is 0 Å². The molecule has 6 heteroatoms. The van der Waals surface area contributed by atoms with E-state index in [0.717, 1.165) is 12.1 Å². The van der Waals surface area contributed by atoms with Gasteiger partial charge in [-0.15, -0.1) is 0 Å². The number of benzene rings is 1. The van der Waals surface area contributed by atoms with Crippen LogP contribution in [0.2, 0.25) is 0 Å². The summed E-state index contributed by atoms with van der Waals surface area (Å²) >= 11 is 0. The van der Waals surface area contributed by atoms with Gasteiger partial charge >= 0.3 is 11.9 Å². The molecule has 0 aliphatic rings. The van der Waals surface area contributed by atoms with Crippen molar-refractivity contribution in [1.29, 1.82) is 0 Å². The van der Waals surface area contributed by atoms with Crippen molar-refractivity contribution in [3.05, 3.63) is 29.6 Å². The highest BCUT2D eigenvalue weighted by Crippen LogP contribution is 2.15. The molecule has 0 aromatic heterocycles. The molecule has 0 aliphatic heterocycles. The highest BCUT2D eigenvalue weighted by atomic mass is 19.1. The average Bonchev–Trinajstić information content (AvgIpc) is 2.31. The van der Waals surface area contributed by atoms with Crippen molar-refractivity contribution in [1.82, 2.24) is 0 Å². The molecule has 18 heavy (non-hydrogen) atoms. The summed E-state index contributed by atoms with van der Waals surface area (Å²) < 4.78 is 18.1. The Hall–Kier alpha value is -2.11. The summed E-state index contributed by atoms with van der Waals surface area (Å²) in [6.07, 6.45) is -0.572. The van der Waals surface area contributed by atoms with Crippen LogP contribution in [0.25, 0.3) is 0 Å². The normalized spacial score (nSPS) is 11.9. The molecule has 0 fully saturated rings. The lowest BCUT2D eigenvalue weighted by Crippen LogP contribution is -2.27. The third-order valence-electron chi connectivity index (χ3n) is 2.29. The minimum atomic E-state index is -1.27. The molecule has 1 unspecified atom stereocenters. The van der Waals surface area contributed by atoms with E-state index >= 15 is 0 Å². The number of nitrogens with two attached hydrogens (primary N) is 1. The number of carboxylic acid groups (broad SMARTS) is 1. The monoisotopic (exact) mass is 255 g/mol. The molecule has 0 spiro atoms. The van der Waals surface area contributed by atoms with Crippen LogP contribution >= 0.6 is 0 Å². The number of carbonyl (C=O) groups excluding carboxylic acids is 1. The zero-order valence-electron chi connectivity index (χ0n) is 9.85. The Morgan fingerprint density at radius 3 is 2.72 bits per heavy atom. The van der Waals surface area contributed by atoms with Gasteiger partial charge in [0.05, 0.1) is 5.56 Å². The second-order valence-electron chi connectivity index (χ2n) is 3.76. The maximum Gasteiger partial charge on any atom is 0.345 e. The minimum Gasteiger partial charge on any atom is -0.479 e. The summed E-state index contributed by atoms with van der Waals surface area (Å²) in [4.78, 5) is 22.4. The SMILES string of the molecule is CCCC(OC(=O)c1cc(N)ccc1F)C(=O)O. The molecule has 1 atom stereocenters. The molecule has 1 rings (SSSR count). The van der Waals surface area contributed by atoms with Crippen molar-refractivity contribution >= 4 is 17.6 Å². The Morgan fingerprint density at radius 1 is 1.50 bits per heavy atom. The number of nitrogen functional groups attached to an aromatic ring is 1. The van der Waals surface area contributed by atoms with E-state index in [9.17, 15) is 14.0 Å². The third-order valence-corrected chi connectivity index (χ3v) is 2.29. The van der Waals surface area contributed by atoms with Crippen molar-refractivity contribution in [2.75, 3.05) is 5.73 Å². The number of aliphatic carboxylic acids is 1. The van der Waals surface area contributed by atoms with Crippen LogP contribution in [-0.2, 0) is 9.53 Å². The second-order valence-corrected chi connectivity index (χ2v) is 3.76. The Labute approximate surface area is 103 Å². The number of ether oxygens (including phenoxy) is 1. The Bertz CT molecular complexity index is 461. The van der Waals surface area contributed by atoms with Crippen LogP contribution in [-0.4, -0.2) is 23.1 Å². The molecule has 0 saturated carbocycles. The van der Waals surface area contributed by atoms with Gasteiger partial charge in [0.15, 0.2) is 6.10 Å². The first kappa shape index (κ1) is 14.0. The summed E-state index contributed by atoms with van der Waals surface area (Å²) in [6, 6.07) is 3.44. The maximum atomic E-state index is 13.4. The average molecular weight is 255 g/mol. The lowest BCUT2D eigenvalue weighted by molar-refractivity contribution is -0.147. The van der Waals surface area contributed by atoms with Crippen LogP contribution < -0.4 is 5.73 Å². The molecule has 5 nitrogen and oxygen atoms in total. The topological polar surface area (TPSA) is 89.6 Å². The first-order chi connectivity index (χ1) is 8.45. The van der Waals surface area contributed by atoms with Crippen LogP contribution in [0.4, 0.5) is 10.1 Å². The zero-order chi connectivity index (χ0) is 13.7. The van der Waals surface area contributed by atoms with E-state index in [-0.39, 0.29) is 17.7 Å². The maximum absolute atomic E-state index is 13.4. The van der Waals surface area contributed by atoms with Crippen LogP contribution in [0, 0.1) is 5.82 Å². The lowest BCUT2D eigenvalue weighted by atomic mass is 10.1. The lowest BCUT2D eigenvalue weighted by Gasteiger charge is -2.13. The van der Waals surface area contributed by atoms with Crippen molar-refractivity contribution in [3.8, 4) is 0 Å². The summed E-state index contributed by atoms with van der Waals surface area (Å²) in [7, 11) is 0. The summed E-state index contributed by atoms with van der Waals surface area (Å²) in [5.41, 5.74) is 5.26. The predicted molar refractivity (Wildman–Crippen MR) is 62.6 cm³/mol. The van der Waals surface area contributed by atoms with Crippen LogP contribution in [0.3, 0.4) is 0 Å². The number of esters is 1. The molecular weight excluding hydrogens is 241 g/mol. The molecule has 0 aliphatic carbocycles. The Morgan fingerprint density at radius 2 is 2.17 bits per heavy atom. The molecule has 1 aromatic carbocycles. The van der Waals surface area contributed by atoms with Gasteiger partial charge in [-0.05, 0) is 24.6 Å². The second kappa shape index (κ2) is 6.00. The molecular formula is C12H14FNO4. The van der Waals surface area contributed by atoms with Gasteiger partial charge in [0.1, 0.15) is 5.82 Å². The fourth-order valence-electron chi connectivity index (χ4n) is 1.39. The van der Waals surface area contributed by atoms with Gasteiger partial charge in [-0.3, -0.25) is 0 Å². The van der Waals surface area contributed by atoms with Crippen molar-refractivity contribution in [3.63, 3.8) is 0 Å². The number of anilines is 1. The Balaban J connectivity index is 2.86. The molecule has 0 saturated heterocycles. The van der Waals surface area contributed by atoms with Crippen molar-refractivity contribution in [2.45, 2.75) is 25.9 Å². The fourth-order valence-corrected chi connectivity index (χ4v) is 1.39. The van der Waals surface area contributed by atoms with Gasteiger partial charge in [-0.1, -0.05) is 13.3 Å². The quantitative estimate of drug-likeness (QED) is 0.618. The fraction of sp³-hybridized carbons (Fsp3) is 0.333. The van der Waals surface area contributed by atoms with Crippen LogP contribution in [0.15, 0.2) is 18.2 Å². The van der Waals surface area contributed by atoms with Gasteiger partial charge < -0.3 is 15.6 Å².